The van der Waals surface area contributed by atoms with Crippen LogP contribution in [0, 0.1) is 0 Å². The van der Waals surface area contributed by atoms with Gasteiger partial charge in [0, 0.05) is 13.1 Å². The quantitative estimate of drug-likeness (QED) is 0.517. The molecule has 0 N–H and O–H groups in total. The normalized spacial score (nSPS) is 11.5. The van der Waals surface area contributed by atoms with Crippen molar-refractivity contribution in [2.24, 2.45) is 0 Å². The molecule has 64 valence electrons. The maximum atomic E-state index is 11.1. The molecule has 0 spiro atoms. The summed E-state index contributed by atoms with van der Waals surface area (Å²) in [5.41, 5.74) is 0. The van der Waals surface area contributed by atoms with Gasteiger partial charge in [0.05, 0.1) is 0 Å². The molecule has 0 aliphatic heterocycles. The molecular weight excluding hydrogens is 204 g/mol. The van der Waals surface area contributed by atoms with Crippen molar-refractivity contribution in [2.45, 2.75) is 0 Å². The van der Waals surface area contributed by atoms with Gasteiger partial charge in [-0.3, -0.25) is 4.57 Å². The third-order valence-electron chi connectivity index (χ3n) is 1.01. The Morgan fingerprint density at radius 3 is 1.82 bits per heavy atom. The molecule has 0 radical (unpaired) electrons. The minimum absolute atomic E-state index is 0.399. The van der Waals surface area contributed by atoms with Crippen molar-refractivity contribution in [1.82, 2.24) is 4.67 Å². The zero-order valence-electron chi connectivity index (χ0n) is 6.04. The third-order valence-corrected chi connectivity index (χ3v) is 3.28. The van der Waals surface area contributed by atoms with Gasteiger partial charge in [0.1, 0.15) is 0 Å². The van der Waals surface area contributed by atoms with Gasteiger partial charge in [-0.15, -0.1) is 13.2 Å². The summed E-state index contributed by atoms with van der Waals surface area (Å²) in [4.78, 5) is 0. The van der Waals surface area contributed by atoms with Crippen molar-refractivity contribution >= 4 is 28.5 Å². The minimum Gasteiger partial charge on any atom is -0.271 e. The van der Waals surface area contributed by atoms with Gasteiger partial charge in [-0.25, -0.2) is 4.67 Å². The summed E-state index contributed by atoms with van der Waals surface area (Å²) < 4.78 is 12.5. The predicted molar refractivity (Wildman–Crippen MR) is 51.3 cm³/mol. The van der Waals surface area contributed by atoms with Crippen LogP contribution in [0.4, 0.5) is 0 Å². The second kappa shape index (κ2) is 5.00. The molecule has 0 aromatic rings. The summed E-state index contributed by atoms with van der Waals surface area (Å²) in [5.74, 6) is -3.17. The van der Waals surface area contributed by atoms with Crippen LogP contribution < -0.4 is 0 Å². The molecule has 0 fully saturated rings. The summed E-state index contributed by atoms with van der Waals surface area (Å²) in [7, 11) is 0. The summed E-state index contributed by atoms with van der Waals surface area (Å²) in [5, 5.41) is 0. The molecule has 0 rings (SSSR count). The van der Waals surface area contributed by atoms with E-state index in [4.69, 9.17) is 22.5 Å². The van der Waals surface area contributed by atoms with E-state index in [9.17, 15) is 4.57 Å². The van der Waals surface area contributed by atoms with Crippen LogP contribution in [0.5, 0.6) is 0 Å². The van der Waals surface area contributed by atoms with Crippen LogP contribution in [0.3, 0.4) is 0 Å². The average molecular weight is 214 g/mol. The summed E-state index contributed by atoms with van der Waals surface area (Å²) in [6.45, 7) is 7.76. The van der Waals surface area contributed by atoms with Gasteiger partial charge in [-0.2, -0.15) is 0 Å². The van der Waals surface area contributed by atoms with Crippen LogP contribution in [0.25, 0.3) is 0 Å². The molecule has 2 nitrogen and oxygen atoms in total. The maximum absolute atomic E-state index is 11.1. The molecule has 0 saturated carbocycles. The van der Waals surface area contributed by atoms with Crippen molar-refractivity contribution in [3.63, 3.8) is 0 Å². The molecule has 5 heteroatoms. The van der Waals surface area contributed by atoms with Crippen LogP contribution in [-0.2, 0) is 4.57 Å². The Kier molecular flexibility index (Phi) is 5.11. The Morgan fingerprint density at radius 1 is 1.27 bits per heavy atom. The lowest BCUT2D eigenvalue weighted by Crippen LogP contribution is -2.16. The first-order valence-corrected chi connectivity index (χ1v) is 6.46. The van der Waals surface area contributed by atoms with E-state index >= 15 is 0 Å². The van der Waals surface area contributed by atoms with Gasteiger partial charge in [-0.05, 0) is 22.5 Å². The lowest BCUT2D eigenvalue weighted by atomic mass is 10.5. The van der Waals surface area contributed by atoms with Crippen molar-refractivity contribution in [3.8, 4) is 0 Å². The van der Waals surface area contributed by atoms with Gasteiger partial charge in [0.25, 0.3) is 0 Å². The second-order valence-electron chi connectivity index (χ2n) is 1.88. The molecule has 0 unspecified atom stereocenters. The Labute approximate surface area is 76.5 Å². The molecule has 0 amide bonds. The number of nitrogens with zero attached hydrogens (tertiary/aromatic N) is 1. The molecule has 0 aromatic heterocycles. The van der Waals surface area contributed by atoms with E-state index in [-0.39, 0.29) is 0 Å². The summed E-state index contributed by atoms with van der Waals surface area (Å²) in [6, 6.07) is 0. The smallest absolute Gasteiger partial charge is 0.271 e. The first kappa shape index (κ1) is 11.2. The molecule has 0 aromatic carbocycles. The van der Waals surface area contributed by atoms with Crippen molar-refractivity contribution < 1.29 is 4.57 Å². The monoisotopic (exact) mass is 213 g/mol. The van der Waals surface area contributed by atoms with Gasteiger partial charge in [0.2, 0.25) is 0 Å². The van der Waals surface area contributed by atoms with E-state index in [1.165, 1.54) is 4.67 Å². The second-order valence-corrected chi connectivity index (χ2v) is 6.59. The van der Waals surface area contributed by atoms with Crippen LogP contribution in [-0.4, -0.2) is 17.8 Å². The largest absolute Gasteiger partial charge is 0.322 e. The average Bonchev–Trinajstić information content (AvgIpc) is 1.85. The lowest BCUT2D eigenvalue weighted by Gasteiger charge is -2.18. The lowest BCUT2D eigenvalue weighted by molar-refractivity contribution is 0.497. The zero-order chi connectivity index (χ0) is 8.91. The van der Waals surface area contributed by atoms with Crippen LogP contribution in [0.2, 0.25) is 0 Å². The van der Waals surface area contributed by atoms with E-state index < -0.39 is 6.00 Å². The van der Waals surface area contributed by atoms with Crippen molar-refractivity contribution in [1.29, 1.82) is 0 Å². The van der Waals surface area contributed by atoms with E-state index in [2.05, 4.69) is 13.2 Å². The highest BCUT2D eigenvalue weighted by Gasteiger charge is 2.22. The fourth-order valence-corrected chi connectivity index (χ4v) is 1.91. The molecule has 0 bridgehead atoms. The Morgan fingerprint density at radius 2 is 1.64 bits per heavy atom. The molecule has 11 heavy (non-hydrogen) atoms. The summed E-state index contributed by atoms with van der Waals surface area (Å²) >= 11 is 10.8. The van der Waals surface area contributed by atoms with E-state index in [0.717, 1.165) is 0 Å². The highest BCUT2D eigenvalue weighted by molar-refractivity contribution is 8.06. The molecular formula is C6H10Cl2NOP. The summed E-state index contributed by atoms with van der Waals surface area (Å²) in [6.07, 6.45) is 3.17. The van der Waals surface area contributed by atoms with Gasteiger partial charge in [0.15, 0.2) is 0 Å². The van der Waals surface area contributed by atoms with Gasteiger partial charge in [-0.1, -0.05) is 12.2 Å². The Bertz CT molecular complexity index is 179. The van der Waals surface area contributed by atoms with Gasteiger partial charge >= 0.3 is 6.00 Å². The zero-order valence-corrected chi connectivity index (χ0v) is 8.45. The SMILES string of the molecule is C=CCN(CC=C)P(=O)(Cl)Cl. The number of hydrogen-bond donors (Lipinski definition) is 0. The fraction of sp³-hybridized carbons (Fsp3) is 0.333. The third kappa shape index (κ3) is 4.65. The molecule has 0 aliphatic rings. The Balaban J connectivity index is 4.20. The predicted octanol–water partition coefficient (Wildman–Crippen LogP) is 3.25. The topological polar surface area (TPSA) is 20.3 Å². The number of halogens is 2. The highest BCUT2D eigenvalue weighted by atomic mass is 35.9. The highest BCUT2D eigenvalue weighted by Crippen LogP contribution is 2.59. The first-order valence-electron chi connectivity index (χ1n) is 2.99. The van der Waals surface area contributed by atoms with Crippen LogP contribution in [0.15, 0.2) is 25.3 Å². The van der Waals surface area contributed by atoms with E-state index in [1.807, 2.05) is 0 Å². The molecule has 0 atom stereocenters. The van der Waals surface area contributed by atoms with Gasteiger partial charge < -0.3 is 0 Å². The molecule has 0 saturated heterocycles. The number of rotatable bonds is 5. The fourth-order valence-electron chi connectivity index (χ4n) is 0.563. The van der Waals surface area contributed by atoms with Crippen molar-refractivity contribution in [2.75, 3.05) is 13.1 Å². The van der Waals surface area contributed by atoms with Crippen LogP contribution in [0.1, 0.15) is 0 Å². The van der Waals surface area contributed by atoms with Crippen molar-refractivity contribution in [3.05, 3.63) is 25.3 Å². The molecule has 0 aliphatic carbocycles. The molecule has 0 heterocycles. The first-order chi connectivity index (χ1) is 5.02. The van der Waals surface area contributed by atoms with E-state index in [1.54, 1.807) is 12.2 Å². The van der Waals surface area contributed by atoms with E-state index in [0.29, 0.717) is 13.1 Å². The number of hydrogen-bond acceptors (Lipinski definition) is 1. The minimum atomic E-state index is -3.17. The Hall–Kier alpha value is 0.250. The standard InChI is InChI=1S/C6H10Cl2NOP/c1-3-5-9(6-4-2)11(7,8)10/h3-4H,1-2,5-6H2. The van der Waals surface area contributed by atoms with Crippen LogP contribution >= 0.6 is 28.5 Å². The maximum Gasteiger partial charge on any atom is 0.322 e.